The average Bonchev–Trinajstić information content (AvgIpc) is 2.83. The second-order valence-electron chi connectivity index (χ2n) is 4.79. The molecule has 0 fully saturated rings. The first-order chi connectivity index (χ1) is 10.1. The second kappa shape index (κ2) is 6.70. The Labute approximate surface area is 124 Å². The molecule has 0 aliphatic heterocycles. The highest BCUT2D eigenvalue weighted by Gasteiger charge is 2.05. The molecule has 0 spiro atoms. The molecule has 0 aliphatic rings. The molecule has 1 heterocycles. The van der Waals surface area contributed by atoms with Crippen LogP contribution in [0.4, 0.5) is 11.6 Å². The molecular formula is C17H19N3O. The monoisotopic (exact) mass is 281 g/mol. The standard InChI is InChI=1S/C17H19N3O/c1-4-6-16-15(5-2)19-17(20-16)18-14-9-7-13(8-10-14)11-12(3)21/h4-10H,2,11H2,1,3H3,(H2,18,19,20)/b6-4-. The van der Waals surface area contributed by atoms with Crippen molar-refractivity contribution in [1.82, 2.24) is 9.97 Å². The zero-order chi connectivity index (χ0) is 15.2. The summed E-state index contributed by atoms with van der Waals surface area (Å²) >= 11 is 0. The van der Waals surface area contributed by atoms with Crippen LogP contribution >= 0.6 is 0 Å². The lowest BCUT2D eigenvalue weighted by atomic mass is 10.1. The van der Waals surface area contributed by atoms with Crippen molar-refractivity contribution in [2.45, 2.75) is 20.3 Å². The zero-order valence-corrected chi connectivity index (χ0v) is 12.3. The Morgan fingerprint density at radius 2 is 2.10 bits per heavy atom. The SMILES string of the molecule is C=Cc1nc(Nc2ccc(CC(C)=O)cc2)[nH]c1/C=C\C. The van der Waals surface area contributed by atoms with Gasteiger partial charge in [-0.2, -0.15) is 0 Å². The zero-order valence-electron chi connectivity index (χ0n) is 12.3. The van der Waals surface area contributed by atoms with Crippen LogP contribution in [0.3, 0.4) is 0 Å². The van der Waals surface area contributed by atoms with Gasteiger partial charge in [0.1, 0.15) is 5.78 Å². The van der Waals surface area contributed by atoms with Crippen molar-refractivity contribution in [3.8, 4) is 0 Å². The van der Waals surface area contributed by atoms with Gasteiger partial charge in [-0.3, -0.25) is 4.79 Å². The molecule has 0 saturated carbocycles. The predicted molar refractivity (Wildman–Crippen MR) is 87.5 cm³/mol. The van der Waals surface area contributed by atoms with Gasteiger partial charge in [0.05, 0.1) is 11.4 Å². The molecule has 2 aromatic rings. The third-order valence-corrected chi connectivity index (χ3v) is 2.96. The molecule has 0 saturated heterocycles. The normalized spacial score (nSPS) is 10.8. The van der Waals surface area contributed by atoms with Gasteiger partial charge in [-0.15, -0.1) is 0 Å². The number of allylic oxidation sites excluding steroid dienone is 1. The Hall–Kier alpha value is -2.62. The molecule has 4 nitrogen and oxygen atoms in total. The van der Waals surface area contributed by atoms with Crippen molar-refractivity contribution in [3.05, 3.63) is 53.9 Å². The summed E-state index contributed by atoms with van der Waals surface area (Å²) in [6, 6.07) is 7.75. The Morgan fingerprint density at radius 3 is 2.67 bits per heavy atom. The van der Waals surface area contributed by atoms with Crippen LogP contribution < -0.4 is 5.32 Å². The molecule has 0 bridgehead atoms. The summed E-state index contributed by atoms with van der Waals surface area (Å²) in [7, 11) is 0. The fourth-order valence-electron chi connectivity index (χ4n) is 2.04. The van der Waals surface area contributed by atoms with Gasteiger partial charge < -0.3 is 10.3 Å². The van der Waals surface area contributed by atoms with Crippen molar-refractivity contribution in [1.29, 1.82) is 0 Å². The quantitative estimate of drug-likeness (QED) is 0.842. The molecule has 4 heteroatoms. The lowest BCUT2D eigenvalue weighted by Crippen LogP contribution is -1.97. The third kappa shape index (κ3) is 3.92. The molecule has 2 rings (SSSR count). The van der Waals surface area contributed by atoms with Gasteiger partial charge in [0.25, 0.3) is 0 Å². The van der Waals surface area contributed by atoms with Crippen LogP contribution in [0.5, 0.6) is 0 Å². The van der Waals surface area contributed by atoms with Crippen LogP contribution in [0.1, 0.15) is 30.8 Å². The summed E-state index contributed by atoms with van der Waals surface area (Å²) in [5.41, 5.74) is 3.65. The number of aromatic amines is 1. The fraction of sp³-hybridized carbons (Fsp3) is 0.176. The second-order valence-corrected chi connectivity index (χ2v) is 4.79. The summed E-state index contributed by atoms with van der Waals surface area (Å²) in [5, 5.41) is 3.20. The molecule has 21 heavy (non-hydrogen) atoms. The van der Waals surface area contributed by atoms with Crippen molar-refractivity contribution in [2.75, 3.05) is 5.32 Å². The Kier molecular flexibility index (Phi) is 4.72. The summed E-state index contributed by atoms with van der Waals surface area (Å²) in [6.07, 6.45) is 6.08. The van der Waals surface area contributed by atoms with Gasteiger partial charge in [-0.05, 0) is 43.7 Å². The number of anilines is 2. The Morgan fingerprint density at radius 1 is 1.38 bits per heavy atom. The first kappa shape index (κ1) is 14.8. The van der Waals surface area contributed by atoms with E-state index in [-0.39, 0.29) is 5.78 Å². The van der Waals surface area contributed by atoms with Gasteiger partial charge in [0.15, 0.2) is 0 Å². The lowest BCUT2D eigenvalue weighted by molar-refractivity contribution is -0.116. The van der Waals surface area contributed by atoms with E-state index in [9.17, 15) is 4.79 Å². The molecule has 1 aromatic heterocycles. The molecule has 0 aliphatic carbocycles. The number of hydrogen-bond donors (Lipinski definition) is 2. The van der Waals surface area contributed by atoms with Crippen LogP contribution in [0.15, 0.2) is 36.9 Å². The van der Waals surface area contributed by atoms with Gasteiger partial charge in [-0.25, -0.2) is 4.98 Å². The topological polar surface area (TPSA) is 57.8 Å². The van der Waals surface area contributed by atoms with Crippen LogP contribution in [-0.2, 0) is 11.2 Å². The molecule has 1 aromatic carbocycles. The first-order valence-electron chi connectivity index (χ1n) is 6.83. The summed E-state index contributed by atoms with van der Waals surface area (Å²) in [5.74, 6) is 0.825. The van der Waals surface area contributed by atoms with Crippen LogP contribution in [0.2, 0.25) is 0 Å². The van der Waals surface area contributed by atoms with Gasteiger partial charge in [0, 0.05) is 12.1 Å². The maximum absolute atomic E-state index is 11.1. The smallest absolute Gasteiger partial charge is 0.205 e. The van der Waals surface area contributed by atoms with Crippen molar-refractivity contribution >= 4 is 29.6 Å². The number of carbonyl (C=O) groups excluding carboxylic acids is 1. The number of benzene rings is 1. The van der Waals surface area contributed by atoms with Crippen LogP contribution in [-0.4, -0.2) is 15.8 Å². The third-order valence-electron chi connectivity index (χ3n) is 2.96. The number of carbonyl (C=O) groups is 1. The number of aromatic nitrogens is 2. The van der Waals surface area contributed by atoms with Crippen molar-refractivity contribution in [3.63, 3.8) is 0 Å². The number of ketones is 1. The minimum absolute atomic E-state index is 0.161. The highest BCUT2D eigenvalue weighted by molar-refractivity contribution is 5.78. The largest absolute Gasteiger partial charge is 0.326 e. The van der Waals surface area contributed by atoms with E-state index in [4.69, 9.17) is 0 Å². The maximum atomic E-state index is 11.1. The van der Waals surface area contributed by atoms with E-state index in [2.05, 4.69) is 21.9 Å². The molecular weight excluding hydrogens is 262 g/mol. The number of nitrogens with one attached hydrogen (secondary N) is 2. The van der Waals surface area contributed by atoms with Crippen molar-refractivity contribution in [2.24, 2.45) is 0 Å². The van der Waals surface area contributed by atoms with E-state index >= 15 is 0 Å². The molecule has 0 amide bonds. The Balaban J connectivity index is 2.14. The predicted octanol–water partition coefficient (Wildman–Crippen LogP) is 3.96. The number of hydrogen-bond acceptors (Lipinski definition) is 3. The van der Waals surface area contributed by atoms with Gasteiger partial charge in [0.2, 0.25) is 5.95 Å². The highest BCUT2D eigenvalue weighted by Crippen LogP contribution is 2.18. The van der Waals surface area contributed by atoms with Crippen LogP contribution in [0, 0.1) is 0 Å². The van der Waals surface area contributed by atoms with Crippen molar-refractivity contribution < 1.29 is 4.79 Å². The number of rotatable bonds is 6. The van der Waals surface area contributed by atoms with E-state index in [1.165, 1.54) is 0 Å². The molecule has 0 unspecified atom stereocenters. The van der Waals surface area contributed by atoms with E-state index in [0.717, 1.165) is 22.6 Å². The molecule has 2 N–H and O–H groups in total. The number of nitrogens with zero attached hydrogens (tertiary/aromatic N) is 1. The molecule has 108 valence electrons. The van der Waals surface area contributed by atoms with Gasteiger partial charge >= 0.3 is 0 Å². The van der Waals surface area contributed by atoms with E-state index in [0.29, 0.717) is 12.4 Å². The first-order valence-corrected chi connectivity index (χ1v) is 6.83. The fourth-order valence-corrected chi connectivity index (χ4v) is 2.04. The average molecular weight is 281 g/mol. The summed E-state index contributed by atoms with van der Waals surface area (Å²) in [6.45, 7) is 7.30. The highest BCUT2D eigenvalue weighted by atomic mass is 16.1. The summed E-state index contributed by atoms with van der Waals surface area (Å²) in [4.78, 5) is 18.7. The Bertz CT molecular complexity index is 666. The number of H-pyrrole nitrogens is 1. The summed E-state index contributed by atoms with van der Waals surface area (Å²) < 4.78 is 0. The van der Waals surface area contributed by atoms with Crippen LogP contribution in [0.25, 0.3) is 12.2 Å². The van der Waals surface area contributed by atoms with E-state index in [1.54, 1.807) is 13.0 Å². The molecule has 0 atom stereocenters. The maximum Gasteiger partial charge on any atom is 0.205 e. The lowest BCUT2D eigenvalue weighted by Gasteiger charge is -2.04. The van der Waals surface area contributed by atoms with E-state index < -0.39 is 0 Å². The minimum Gasteiger partial charge on any atom is -0.326 e. The number of Topliss-reactive ketones (excluding diaryl/α,β-unsaturated/α-hetero) is 1. The van der Waals surface area contributed by atoms with Gasteiger partial charge in [-0.1, -0.05) is 24.8 Å². The van der Waals surface area contributed by atoms with E-state index in [1.807, 2.05) is 43.3 Å². The molecule has 0 radical (unpaired) electrons. The minimum atomic E-state index is 0.161. The number of imidazole rings is 1.